The molecule has 2 rings (SSSR count). The summed E-state index contributed by atoms with van der Waals surface area (Å²) >= 11 is 3.36. The highest BCUT2D eigenvalue weighted by molar-refractivity contribution is 9.10. The Kier molecular flexibility index (Phi) is 4.96. The van der Waals surface area contributed by atoms with Gasteiger partial charge in [-0.2, -0.15) is 5.26 Å². The molecule has 106 valence electrons. The fourth-order valence-corrected chi connectivity index (χ4v) is 2.15. The Morgan fingerprint density at radius 3 is 2.67 bits per heavy atom. The molecule has 5 heteroatoms. The average Bonchev–Trinajstić information content (AvgIpc) is 2.49. The predicted octanol–water partition coefficient (Wildman–Crippen LogP) is 3.91. The molecule has 1 N–H and O–H groups in total. The number of anilines is 1. The van der Waals surface area contributed by atoms with Crippen molar-refractivity contribution in [2.45, 2.75) is 6.92 Å². The summed E-state index contributed by atoms with van der Waals surface area (Å²) in [7, 11) is 0. The largest absolute Gasteiger partial charge is 0.479 e. The summed E-state index contributed by atoms with van der Waals surface area (Å²) in [6.45, 7) is 1.89. The van der Waals surface area contributed by atoms with Crippen LogP contribution in [0, 0.1) is 18.3 Å². The number of rotatable bonds is 4. The molecule has 0 aliphatic heterocycles. The van der Waals surface area contributed by atoms with Crippen molar-refractivity contribution < 1.29 is 9.53 Å². The van der Waals surface area contributed by atoms with Crippen LogP contribution >= 0.6 is 15.9 Å². The van der Waals surface area contributed by atoms with E-state index >= 15 is 0 Å². The van der Waals surface area contributed by atoms with Crippen molar-refractivity contribution in [2.75, 3.05) is 11.9 Å². The van der Waals surface area contributed by atoms with E-state index in [0.29, 0.717) is 17.0 Å². The van der Waals surface area contributed by atoms with Crippen molar-refractivity contribution in [1.29, 1.82) is 5.26 Å². The number of ether oxygens (including phenoxy) is 1. The van der Waals surface area contributed by atoms with E-state index in [-0.39, 0.29) is 12.5 Å². The Bertz CT molecular complexity index is 690. The van der Waals surface area contributed by atoms with Crippen LogP contribution in [0.25, 0.3) is 0 Å². The molecule has 0 saturated heterocycles. The number of nitrogens with one attached hydrogen (secondary N) is 1. The van der Waals surface area contributed by atoms with Crippen LogP contribution in [-0.4, -0.2) is 12.5 Å². The second-order valence-electron chi connectivity index (χ2n) is 4.38. The van der Waals surface area contributed by atoms with E-state index in [1.165, 1.54) is 0 Å². The van der Waals surface area contributed by atoms with Crippen molar-refractivity contribution in [1.82, 2.24) is 0 Å². The van der Waals surface area contributed by atoms with Crippen molar-refractivity contribution >= 4 is 27.5 Å². The van der Waals surface area contributed by atoms with E-state index in [1.807, 2.05) is 25.1 Å². The highest BCUT2D eigenvalue weighted by atomic mass is 79.9. The van der Waals surface area contributed by atoms with Gasteiger partial charge in [0.1, 0.15) is 11.8 Å². The lowest BCUT2D eigenvalue weighted by Crippen LogP contribution is -2.13. The molecule has 0 saturated carbocycles. The van der Waals surface area contributed by atoms with Crippen LogP contribution in [0.3, 0.4) is 0 Å². The van der Waals surface area contributed by atoms with Gasteiger partial charge in [0.15, 0.2) is 6.61 Å². The number of carbonyl (C=O) groups excluding carboxylic acids is 1. The van der Waals surface area contributed by atoms with Crippen molar-refractivity contribution in [2.24, 2.45) is 0 Å². The molecule has 0 radical (unpaired) electrons. The van der Waals surface area contributed by atoms with Gasteiger partial charge < -0.3 is 10.1 Å². The van der Waals surface area contributed by atoms with Gasteiger partial charge in [-0.25, -0.2) is 0 Å². The van der Waals surface area contributed by atoms with Gasteiger partial charge in [0.25, 0.3) is 5.91 Å². The van der Waals surface area contributed by atoms with Crippen LogP contribution in [0.15, 0.2) is 46.9 Å². The molecule has 21 heavy (non-hydrogen) atoms. The second kappa shape index (κ2) is 6.91. The summed E-state index contributed by atoms with van der Waals surface area (Å²) in [6, 6.07) is 14.4. The number of nitriles is 1. The maximum atomic E-state index is 12.2. The number of hydrogen-bond donors (Lipinski definition) is 1. The van der Waals surface area contributed by atoms with Crippen LogP contribution in [0.1, 0.15) is 15.9 Å². The van der Waals surface area contributed by atoms with Crippen LogP contribution in [0.5, 0.6) is 5.75 Å². The zero-order valence-electron chi connectivity index (χ0n) is 11.4. The summed E-state index contributed by atoms with van der Waals surface area (Å²) < 4.78 is 6.01. The number of amides is 1. The number of halogens is 1. The van der Waals surface area contributed by atoms with E-state index in [2.05, 4.69) is 21.2 Å². The maximum absolute atomic E-state index is 12.2. The summed E-state index contributed by atoms with van der Waals surface area (Å²) in [6.07, 6.45) is 0. The molecule has 0 fully saturated rings. The first-order chi connectivity index (χ1) is 10.1. The summed E-state index contributed by atoms with van der Waals surface area (Å²) in [5, 5.41) is 11.3. The van der Waals surface area contributed by atoms with Crippen molar-refractivity contribution in [3.8, 4) is 11.8 Å². The number of benzene rings is 2. The van der Waals surface area contributed by atoms with Gasteiger partial charge in [-0.3, -0.25) is 4.79 Å². The molecule has 2 aromatic rings. The molecule has 0 aliphatic carbocycles. The van der Waals surface area contributed by atoms with Crippen LogP contribution in [0.4, 0.5) is 5.69 Å². The number of carbonyl (C=O) groups is 1. The van der Waals surface area contributed by atoms with Gasteiger partial charge in [0, 0.05) is 15.7 Å². The third-order valence-electron chi connectivity index (χ3n) is 2.86. The van der Waals surface area contributed by atoms with Gasteiger partial charge in [-0.1, -0.05) is 22.0 Å². The smallest absolute Gasteiger partial charge is 0.255 e. The molecule has 2 aromatic carbocycles. The Balaban J connectivity index is 2.09. The minimum Gasteiger partial charge on any atom is -0.479 e. The Morgan fingerprint density at radius 2 is 2.00 bits per heavy atom. The first kappa shape index (κ1) is 15.1. The lowest BCUT2D eigenvalue weighted by atomic mass is 10.1. The Labute approximate surface area is 131 Å². The molecule has 0 atom stereocenters. The molecular formula is C16H13BrN2O2. The topological polar surface area (TPSA) is 62.1 Å². The molecule has 0 aliphatic rings. The predicted molar refractivity (Wildman–Crippen MR) is 84.4 cm³/mol. The number of hydrogen-bond acceptors (Lipinski definition) is 3. The average molecular weight is 345 g/mol. The zero-order valence-corrected chi connectivity index (χ0v) is 13.0. The first-order valence-electron chi connectivity index (χ1n) is 6.27. The fourth-order valence-electron chi connectivity index (χ4n) is 1.79. The van der Waals surface area contributed by atoms with Gasteiger partial charge in [0.2, 0.25) is 0 Å². The van der Waals surface area contributed by atoms with Crippen LogP contribution in [-0.2, 0) is 0 Å². The molecule has 0 unspecified atom stereocenters. The quantitative estimate of drug-likeness (QED) is 0.914. The fraction of sp³-hybridized carbons (Fsp3) is 0.125. The monoisotopic (exact) mass is 344 g/mol. The second-order valence-corrected chi connectivity index (χ2v) is 5.30. The van der Waals surface area contributed by atoms with Gasteiger partial charge >= 0.3 is 0 Å². The third kappa shape index (κ3) is 4.07. The maximum Gasteiger partial charge on any atom is 0.255 e. The highest BCUT2D eigenvalue weighted by Gasteiger charge is 2.09. The Hall–Kier alpha value is -2.32. The summed E-state index contributed by atoms with van der Waals surface area (Å²) in [5.41, 5.74) is 2.20. The molecule has 4 nitrogen and oxygen atoms in total. The van der Waals surface area contributed by atoms with Crippen LogP contribution in [0.2, 0.25) is 0 Å². The van der Waals surface area contributed by atoms with Crippen molar-refractivity contribution in [3.63, 3.8) is 0 Å². The van der Waals surface area contributed by atoms with E-state index in [4.69, 9.17) is 10.00 Å². The normalized spacial score (nSPS) is 9.76. The minimum absolute atomic E-state index is 0.00292. The first-order valence-corrected chi connectivity index (χ1v) is 7.07. The van der Waals surface area contributed by atoms with E-state index in [9.17, 15) is 4.79 Å². The SMILES string of the molecule is Cc1ccc(Br)cc1C(=O)Nc1ccc(OCC#N)cc1. The summed E-state index contributed by atoms with van der Waals surface area (Å²) in [5.74, 6) is 0.424. The van der Waals surface area contributed by atoms with E-state index in [0.717, 1.165) is 10.0 Å². The Morgan fingerprint density at radius 1 is 1.29 bits per heavy atom. The molecule has 1 amide bonds. The minimum atomic E-state index is -0.167. The standard InChI is InChI=1S/C16H13BrN2O2/c1-11-2-3-12(17)10-15(11)16(20)19-13-4-6-14(7-5-13)21-9-8-18/h2-7,10H,9H2,1H3,(H,19,20). The number of aryl methyl sites for hydroxylation is 1. The lowest BCUT2D eigenvalue weighted by molar-refractivity contribution is 0.102. The lowest BCUT2D eigenvalue weighted by Gasteiger charge is -2.09. The van der Waals surface area contributed by atoms with E-state index < -0.39 is 0 Å². The molecule has 0 heterocycles. The van der Waals surface area contributed by atoms with Gasteiger partial charge in [-0.15, -0.1) is 0 Å². The van der Waals surface area contributed by atoms with Crippen LogP contribution < -0.4 is 10.1 Å². The molecule has 0 spiro atoms. The molecule has 0 bridgehead atoms. The highest BCUT2D eigenvalue weighted by Crippen LogP contribution is 2.19. The van der Waals surface area contributed by atoms with E-state index in [1.54, 1.807) is 30.3 Å². The van der Waals surface area contributed by atoms with Crippen molar-refractivity contribution in [3.05, 3.63) is 58.1 Å². The molecule has 0 aromatic heterocycles. The zero-order chi connectivity index (χ0) is 15.2. The molecular weight excluding hydrogens is 332 g/mol. The summed E-state index contributed by atoms with van der Waals surface area (Å²) in [4.78, 5) is 12.2. The van der Waals surface area contributed by atoms with Gasteiger partial charge in [-0.05, 0) is 48.9 Å². The third-order valence-corrected chi connectivity index (χ3v) is 3.35. The number of nitrogens with zero attached hydrogens (tertiary/aromatic N) is 1. The van der Waals surface area contributed by atoms with Gasteiger partial charge in [0.05, 0.1) is 0 Å².